The Bertz CT molecular complexity index is 1060. The molecular weight excluding hydrogens is 390 g/mol. The molecule has 160 valence electrons. The van der Waals surface area contributed by atoms with Crippen molar-refractivity contribution in [2.75, 3.05) is 43.5 Å². The largest absolute Gasteiger partial charge is 0.497 e. The molecule has 31 heavy (non-hydrogen) atoms. The SMILES string of the molecule is COc1cccc(C(=O)N2CCN(c3cc(Nc4ccc(C)cc4)nc(C)n3)CC2)c1. The molecule has 7 nitrogen and oxygen atoms in total. The maximum Gasteiger partial charge on any atom is 0.254 e. The molecule has 1 aromatic heterocycles. The summed E-state index contributed by atoms with van der Waals surface area (Å²) >= 11 is 0. The molecule has 1 amide bonds. The zero-order valence-electron chi connectivity index (χ0n) is 18.1. The van der Waals surface area contributed by atoms with Gasteiger partial charge < -0.3 is 19.9 Å². The van der Waals surface area contributed by atoms with Gasteiger partial charge in [-0.3, -0.25) is 4.79 Å². The molecule has 2 aromatic carbocycles. The number of amides is 1. The highest BCUT2D eigenvalue weighted by Gasteiger charge is 2.23. The summed E-state index contributed by atoms with van der Waals surface area (Å²) in [6.45, 7) is 6.67. The van der Waals surface area contributed by atoms with E-state index < -0.39 is 0 Å². The fourth-order valence-corrected chi connectivity index (χ4v) is 3.64. The van der Waals surface area contributed by atoms with Crippen LogP contribution in [0.25, 0.3) is 0 Å². The van der Waals surface area contributed by atoms with Crippen molar-refractivity contribution in [1.29, 1.82) is 0 Å². The maximum atomic E-state index is 12.9. The summed E-state index contributed by atoms with van der Waals surface area (Å²) < 4.78 is 5.24. The monoisotopic (exact) mass is 417 g/mol. The Labute approximate surface area is 182 Å². The van der Waals surface area contributed by atoms with Gasteiger partial charge in [-0.05, 0) is 44.2 Å². The van der Waals surface area contributed by atoms with Crippen LogP contribution >= 0.6 is 0 Å². The lowest BCUT2D eigenvalue weighted by molar-refractivity contribution is 0.0746. The molecule has 0 aliphatic carbocycles. The summed E-state index contributed by atoms with van der Waals surface area (Å²) in [6.07, 6.45) is 0. The molecular formula is C24H27N5O2. The number of anilines is 3. The number of nitrogens with one attached hydrogen (secondary N) is 1. The first-order valence-electron chi connectivity index (χ1n) is 10.4. The van der Waals surface area contributed by atoms with E-state index in [1.54, 1.807) is 13.2 Å². The van der Waals surface area contributed by atoms with Crippen molar-refractivity contribution < 1.29 is 9.53 Å². The second-order valence-electron chi connectivity index (χ2n) is 7.66. The van der Waals surface area contributed by atoms with Gasteiger partial charge in [-0.2, -0.15) is 0 Å². The lowest BCUT2D eigenvalue weighted by atomic mass is 10.1. The number of carbonyl (C=O) groups excluding carboxylic acids is 1. The minimum Gasteiger partial charge on any atom is -0.497 e. The number of nitrogens with zero attached hydrogens (tertiary/aromatic N) is 4. The summed E-state index contributed by atoms with van der Waals surface area (Å²) in [5.74, 6) is 3.06. The van der Waals surface area contributed by atoms with Gasteiger partial charge >= 0.3 is 0 Å². The topological polar surface area (TPSA) is 70.6 Å². The Hall–Kier alpha value is -3.61. The Morgan fingerprint density at radius 1 is 0.968 bits per heavy atom. The van der Waals surface area contributed by atoms with Gasteiger partial charge in [0.05, 0.1) is 7.11 Å². The Kier molecular flexibility index (Phi) is 6.02. The molecule has 0 spiro atoms. The number of carbonyl (C=O) groups is 1. The van der Waals surface area contributed by atoms with Gasteiger partial charge in [0.25, 0.3) is 5.91 Å². The van der Waals surface area contributed by atoms with Crippen LogP contribution in [0.15, 0.2) is 54.6 Å². The fraction of sp³-hybridized carbons (Fsp3) is 0.292. The predicted octanol–water partition coefficient (Wildman–Crippen LogP) is 3.81. The molecule has 0 atom stereocenters. The third kappa shape index (κ3) is 4.94. The van der Waals surface area contributed by atoms with Crippen molar-refractivity contribution in [3.05, 3.63) is 71.5 Å². The number of methoxy groups -OCH3 is 1. The minimum absolute atomic E-state index is 0.0270. The van der Waals surface area contributed by atoms with Crippen LogP contribution in [0.1, 0.15) is 21.7 Å². The van der Waals surface area contributed by atoms with Crippen molar-refractivity contribution in [1.82, 2.24) is 14.9 Å². The van der Waals surface area contributed by atoms with Gasteiger partial charge in [0.2, 0.25) is 0 Å². The maximum absolute atomic E-state index is 12.9. The Morgan fingerprint density at radius 2 is 1.71 bits per heavy atom. The van der Waals surface area contributed by atoms with E-state index in [4.69, 9.17) is 4.74 Å². The van der Waals surface area contributed by atoms with Crippen LogP contribution in [0.3, 0.4) is 0 Å². The highest BCUT2D eigenvalue weighted by atomic mass is 16.5. The molecule has 1 fully saturated rings. The van der Waals surface area contributed by atoms with Crippen molar-refractivity contribution in [2.24, 2.45) is 0 Å². The zero-order valence-corrected chi connectivity index (χ0v) is 18.1. The van der Waals surface area contributed by atoms with Crippen LogP contribution in [0.2, 0.25) is 0 Å². The van der Waals surface area contributed by atoms with Gasteiger partial charge in [-0.15, -0.1) is 0 Å². The molecule has 0 bridgehead atoms. The molecule has 1 aliphatic heterocycles. The lowest BCUT2D eigenvalue weighted by Crippen LogP contribution is -2.49. The first kappa shape index (κ1) is 20.7. The average Bonchev–Trinajstić information content (AvgIpc) is 2.80. The number of hydrogen-bond donors (Lipinski definition) is 1. The molecule has 4 rings (SSSR count). The number of ether oxygens (including phenoxy) is 1. The summed E-state index contributed by atoms with van der Waals surface area (Å²) in [6, 6.07) is 17.5. The van der Waals surface area contributed by atoms with Crippen molar-refractivity contribution >= 4 is 23.2 Å². The molecule has 7 heteroatoms. The van der Waals surface area contributed by atoms with E-state index in [1.165, 1.54) is 5.56 Å². The van der Waals surface area contributed by atoms with Crippen LogP contribution in [-0.2, 0) is 0 Å². The number of piperazine rings is 1. The van der Waals surface area contributed by atoms with E-state index in [-0.39, 0.29) is 5.91 Å². The molecule has 2 heterocycles. The molecule has 1 saturated heterocycles. The van der Waals surface area contributed by atoms with Gasteiger partial charge in [0.15, 0.2) is 0 Å². The van der Waals surface area contributed by atoms with Crippen LogP contribution in [0.5, 0.6) is 5.75 Å². The molecule has 3 aromatic rings. The average molecular weight is 418 g/mol. The van der Waals surface area contributed by atoms with Crippen LogP contribution in [-0.4, -0.2) is 54.1 Å². The van der Waals surface area contributed by atoms with E-state index in [1.807, 2.05) is 48.2 Å². The van der Waals surface area contributed by atoms with Gasteiger partial charge in [0.1, 0.15) is 23.2 Å². The van der Waals surface area contributed by atoms with Crippen LogP contribution in [0.4, 0.5) is 17.3 Å². The third-order valence-corrected chi connectivity index (χ3v) is 5.36. The number of aryl methyl sites for hydroxylation is 2. The van der Waals surface area contributed by atoms with Crippen LogP contribution in [0, 0.1) is 13.8 Å². The summed E-state index contributed by atoms with van der Waals surface area (Å²) in [5.41, 5.74) is 2.85. The van der Waals surface area contributed by atoms with Crippen molar-refractivity contribution in [2.45, 2.75) is 13.8 Å². The Morgan fingerprint density at radius 3 is 2.42 bits per heavy atom. The molecule has 0 unspecified atom stereocenters. The first-order valence-corrected chi connectivity index (χ1v) is 10.4. The molecule has 1 N–H and O–H groups in total. The minimum atomic E-state index is 0.0270. The fourth-order valence-electron chi connectivity index (χ4n) is 3.64. The van der Waals surface area contributed by atoms with Crippen molar-refractivity contribution in [3.8, 4) is 5.75 Å². The van der Waals surface area contributed by atoms with E-state index in [0.29, 0.717) is 30.2 Å². The smallest absolute Gasteiger partial charge is 0.254 e. The van der Waals surface area contributed by atoms with Gasteiger partial charge in [0, 0.05) is 43.5 Å². The molecule has 0 saturated carbocycles. The quantitative estimate of drug-likeness (QED) is 0.681. The van der Waals surface area contributed by atoms with E-state index in [0.717, 1.165) is 30.4 Å². The summed E-state index contributed by atoms with van der Waals surface area (Å²) in [5, 5.41) is 3.36. The normalized spacial score (nSPS) is 13.8. The number of benzene rings is 2. The number of rotatable bonds is 5. The highest BCUT2D eigenvalue weighted by Crippen LogP contribution is 2.22. The standard InChI is InChI=1S/C24H27N5O2/c1-17-7-9-20(10-8-17)27-22-16-23(26-18(2)25-22)28-11-13-29(14-12-28)24(30)19-5-4-6-21(15-19)31-3/h4-10,15-16H,11-14H2,1-3H3,(H,25,26,27). The lowest BCUT2D eigenvalue weighted by Gasteiger charge is -2.35. The third-order valence-electron chi connectivity index (χ3n) is 5.36. The Balaban J connectivity index is 1.43. The first-order chi connectivity index (χ1) is 15.0. The van der Waals surface area contributed by atoms with Crippen LogP contribution < -0.4 is 15.0 Å². The van der Waals surface area contributed by atoms with E-state index in [2.05, 4.69) is 39.2 Å². The molecule has 1 aliphatic rings. The zero-order chi connectivity index (χ0) is 21.8. The summed E-state index contributed by atoms with van der Waals surface area (Å²) in [4.78, 5) is 26.1. The number of aromatic nitrogens is 2. The van der Waals surface area contributed by atoms with E-state index in [9.17, 15) is 4.79 Å². The predicted molar refractivity (Wildman–Crippen MR) is 122 cm³/mol. The highest BCUT2D eigenvalue weighted by molar-refractivity contribution is 5.94. The van der Waals surface area contributed by atoms with E-state index >= 15 is 0 Å². The van der Waals surface area contributed by atoms with Gasteiger partial charge in [-0.1, -0.05) is 23.8 Å². The second-order valence-corrected chi connectivity index (χ2v) is 7.66. The van der Waals surface area contributed by atoms with Gasteiger partial charge in [-0.25, -0.2) is 9.97 Å². The second kappa shape index (κ2) is 9.04. The molecule has 0 radical (unpaired) electrons. The summed E-state index contributed by atoms with van der Waals surface area (Å²) in [7, 11) is 1.61. The number of hydrogen-bond acceptors (Lipinski definition) is 6. The van der Waals surface area contributed by atoms with Crippen molar-refractivity contribution in [3.63, 3.8) is 0 Å².